The largest absolute Gasteiger partial charge is 0.494 e. The van der Waals surface area contributed by atoms with E-state index < -0.39 is 4.92 Å². The van der Waals surface area contributed by atoms with Gasteiger partial charge in [0.15, 0.2) is 0 Å². The molecule has 0 saturated carbocycles. The van der Waals surface area contributed by atoms with E-state index in [-0.39, 0.29) is 30.2 Å². The van der Waals surface area contributed by atoms with Crippen LogP contribution in [0.3, 0.4) is 0 Å². The number of carbonyl (C=O) groups is 1. The van der Waals surface area contributed by atoms with Gasteiger partial charge in [-0.1, -0.05) is 0 Å². The molecule has 0 aliphatic heterocycles. The fourth-order valence-electron chi connectivity index (χ4n) is 2.76. The zero-order valence-electron chi connectivity index (χ0n) is 16.3. The van der Waals surface area contributed by atoms with Gasteiger partial charge in [0, 0.05) is 35.9 Å². The van der Waals surface area contributed by atoms with E-state index in [1.54, 1.807) is 6.07 Å². The van der Waals surface area contributed by atoms with Crippen molar-refractivity contribution in [1.29, 1.82) is 0 Å². The summed E-state index contributed by atoms with van der Waals surface area (Å²) in [4.78, 5) is 34.4. The molecule has 0 unspecified atom stereocenters. The molecule has 30 heavy (non-hydrogen) atoms. The summed E-state index contributed by atoms with van der Waals surface area (Å²) in [5.74, 6) is 0.365. The average molecular weight is 408 g/mol. The van der Waals surface area contributed by atoms with E-state index in [1.807, 2.05) is 31.2 Å². The first-order valence-corrected chi connectivity index (χ1v) is 9.32. The first-order valence-electron chi connectivity index (χ1n) is 9.32. The van der Waals surface area contributed by atoms with Crippen LogP contribution in [-0.2, 0) is 6.54 Å². The van der Waals surface area contributed by atoms with Crippen molar-refractivity contribution < 1.29 is 14.5 Å². The Hall–Kier alpha value is -4.01. The molecule has 0 spiro atoms. The normalized spacial score (nSPS) is 10.4. The second-order valence-corrected chi connectivity index (χ2v) is 6.30. The smallest absolute Gasteiger partial charge is 0.269 e. The second-order valence-electron chi connectivity index (χ2n) is 6.30. The maximum absolute atomic E-state index is 12.2. The number of amides is 1. The summed E-state index contributed by atoms with van der Waals surface area (Å²) in [6, 6.07) is 15.7. The minimum Gasteiger partial charge on any atom is -0.494 e. The van der Waals surface area contributed by atoms with Gasteiger partial charge in [0.05, 0.1) is 23.8 Å². The van der Waals surface area contributed by atoms with E-state index >= 15 is 0 Å². The summed E-state index contributed by atoms with van der Waals surface area (Å²) in [7, 11) is 0. The summed E-state index contributed by atoms with van der Waals surface area (Å²) in [5, 5.41) is 17.7. The van der Waals surface area contributed by atoms with Gasteiger partial charge in [0.2, 0.25) is 0 Å². The topological polar surface area (TPSA) is 116 Å². The quantitative estimate of drug-likeness (QED) is 0.452. The lowest BCUT2D eigenvalue weighted by molar-refractivity contribution is -0.384. The number of benzene rings is 2. The van der Waals surface area contributed by atoms with Crippen molar-refractivity contribution >= 4 is 11.6 Å². The van der Waals surface area contributed by atoms with E-state index in [2.05, 4.69) is 10.4 Å². The molecule has 0 saturated heterocycles. The maximum atomic E-state index is 12.2. The highest BCUT2D eigenvalue weighted by atomic mass is 16.6. The van der Waals surface area contributed by atoms with Gasteiger partial charge in [-0.15, -0.1) is 0 Å². The van der Waals surface area contributed by atoms with Crippen LogP contribution in [0.5, 0.6) is 5.75 Å². The zero-order chi connectivity index (χ0) is 21.5. The minimum absolute atomic E-state index is 0.0894. The van der Waals surface area contributed by atoms with Gasteiger partial charge in [0.1, 0.15) is 5.75 Å². The molecular weight excluding hydrogens is 388 g/mol. The SMILES string of the molecule is CCOc1ccc(-c2ccc(=O)n(CCNC(=O)c3ccc([N+](=O)[O-])cc3)n2)cc1. The number of carbonyl (C=O) groups excluding carboxylic acids is 1. The molecule has 0 bridgehead atoms. The summed E-state index contributed by atoms with van der Waals surface area (Å²) >= 11 is 0. The molecule has 1 N–H and O–H groups in total. The molecular formula is C21H20N4O5. The Balaban J connectivity index is 1.63. The van der Waals surface area contributed by atoms with Gasteiger partial charge in [-0.05, 0) is 49.4 Å². The van der Waals surface area contributed by atoms with E-state index in [1.165, 1.54) is 35.0 Å². The van der Waals surface area contributed by atoms with Crippen LogP contribution in [0.2, 0.25) is 0 Å². The second kappa shape index (κ2) is 9.46. The number of hydrogen-bond acceptors (Lipinski definition) is 6. The highest BCUT2D eigenvalue weighted by Gasteiger charge is 2.10. The number of hydrogen-bond donors (Lipinski definition) is 1. The van der Waals surface area contributed by atoms with Crippen molar-refractivity contribution in [3.8, 4) is 17.0 Å². The van der Waals surface area contributed by atoms with Crippen molar-refractivity contribution in [3.05, 3.63) is 86.7 Å². The highest BCUT2D eigenvalue weighted by Crippen LogP contribution is 2.19. The molecule has 154 valence electrons. The third-order valence-electron chi connectivity index (χ3n) is 4.28. The number of ether oxygens (including phenoxy) is 1. The van der Waals surface area contributed by atoms with Gasteiger partial charge in [0.25, 0.3) is 17.2 Å². The van der Waals surface area contributed by atoms with Crippen LogP contribution in [0.1, 0.15) is 17.3 Å². The molecule has 1 heterocycles. The van der Waals surface area contributed by atoms with Crippen molar-refractivity contribution in [2.75, 3.05) is 13.2 Å². The molecule has 0 fully saturated rings. The van der Waals surface area contributed by atoms with Crippen LogP contribution in [0.4, 0.5) is 5.69 Å². The molecule has 2 aromatic carbocycles. The number of nitro groups is 1. The van der Waals surface area contributed by atoms with Crippen LogP contribution in [-0.4, -0.2) is 33.8 Å². The average Bonchev–Trinajstić information content (AvgIpc) is 2.76. The van der Waals surface area contributed by atoms with Crippen molar-refractivity contribution in [2.24, 2.45) is 0 Å². The number of nitro benzene ring substituents is 1. The monoisotopic (exact) mass is 408 g/mol. The van der Waals surface area contributed by atoms with E-state index in [0.29, 0.717) is 17.9 Å². The molecule has 3 aromatic rings. The van der Waals surface area contributed by atoms with Crippen LogP contribution in [0.25, 0.3) is 11.3 Å². The van der Waals surface area contributed by atoms with Crippen molar-refractivity contribution in [2.45, 2.75) is 13.5 Å². The number of nitrogens with one attached hydrogen (secondary N) is 1. The zero-order valence-corrected chi connectivity index (χ0v) is 16.3. The molecule has 0 atom stereocenters. The lowest BCUT2D eigenvalue weighted by Crippen LogP contribution is -2.31. The Bertz CT molecular complexity index is 1090. The Morgan fingerprint density at radius 3 is 2.43 bits per heavy atom. The first kappa shape index (κ1) is 20.7. The first-order chi connectivity index (χ1) is 14.5. The van der Waals surface area contributed by atoms with Gasteiger partial charge >= 0.3 is 0 Å². The predicted molar refractivity (Wildman–Crippen MR) is 111 cm³/mol. The molecule has 0 aliphatic carbocycles. The standard InChI is InChI=1S/C21H20N4O5/c1-2-30-18-9-5-15(6-10-18)19-11-12-20(26)24(23-19)14-13-22-21(27)16-3-7-17(8-4-16)25(28)29/h3-12H,2,13-14H2,1H3,(H,22,27). The van der Waals surface area contributed by atoms with E-state index in [4.69, 9.17) is 4.74 Å². The molecule has 1 amide bonds. The van der Waals surface area contributed by atoms with Crippen molar-refractivity contribution in [1.82, 2.24) is 15.1 Å². The molecule has 9 nitrogen and oxygen atoms in total. The van der Waals surface area contributed by atoms with Gasteiger partial charge < -0.3 is 10.1 Å². The van der Waals surface area contributed by atoms with Crippen molar-refractivity contribution in [3.63, 3.8) is 0 Å². The minimum atomic E-state index is -0.531. The third-order valence-corrected chi connectivity index (χ3v) is 4.28. The predicted octanol–water partition coefficient (Wildman–Crippen LogP) is 2.65. The summed E-state index contributed by atoms with van der Waals surface area (Å²) in [6.07, 6.45) is 0. The fraction of sp³-hybridized carbons (Fsp3) is 0.190. The Morgan fingerprint density at radius 1 is 1.10 bits per heavy atom. The Labute approximate surface area is 172 Å². The molecule has 3 rings (SSSR count). The molecule has 0 radical (unpaired) electrons. The van der Waals surface area contributed by atoms with E-state index in [9.17, 15) is 19.7 Å². The number of non-ortho nitro benzene ring substituents is 1. The van der Waals surface area contributed by atoms with E-state index in [0.717, 1.165) is 11.3 Å². The highest BCUT2D eigenvalue weighted by molar-refractivity contribution is 5.94. The number of rotatable bonds is 8. The van der Waals surface area contributed by atoms with Gasteiger partial charge in [-0.3, -0.25) is 19.7 Å². The van der Waals surface area contributed by atoms with Crippen LogP contribution in [0.15, 0.2) is 65.5 Å². The Morgan fingerprint density at radius 2 is 1.80 bits per heavy atom. The van der Waals surface area contributed by atoms with Gasteiger partial charge in [-0.2, -0.15) is 5.10 Å². The summed E-state index contributed by atoms with van der Waals surface area (Å²) < 4.78 is 6.70. The molecule has 9 heteroatoms. The molecule has 0 aliphatic rings. The Kier molecular flexibility index (Phi) is 6.53. The lowest BCUT2D eigenvalue weighted by Gasteiger charge is -2.09. The summed E-state index contributed by atoms with van der Waals surface area (Å²) in [6.45, 7) is 2.84. The fourth-order valence-corrected chi connectivity index (χ4v) is 2.76. The molecule has 1 aromatic heterocycles. The maximum Gasteiger partial charge on any atom is 0.269 e. The third kappa shape index (κ3) is 5.07. The van der Waals surface area contributed by atoms with Crippen LogP contribution >= 0.6 is 0 Å². The van der Waals surface area contributed by atoms with Gasteiger partial charge in [-0.25, -0.2) is 4.68 Å². The van der Waals surface area contributed by atoms with Crippen LogP contribution in [0, 0.1) is 10.1 Å². The van der Waals surface area contributed by atoms with Crippen LogP contribution < -0.4 is 15.6 Å². The number of nitrogens with zero attached hydrogens (tertiary/aromatic N) is 3. The number of aromatic nitrogens is 2. The summed E-state index contributed by atoms with van der Waals surface area (Å²) in [5.41, 5.74) is 1.38. The lowest BCUT2D eigenvalue weighted by atomic mass is 10.1.